The second kappa shape index (κ2) is 12.2. The van der Waals surface area contributed by atoms with Gasteiger partial charge in [0.2, 0.25) is 5.91 Å². The maximum atomic E-state index is 12.8. The number of aromatic nitrogens is 1. The third kappa shape index (κ3) is 7.23. The van der Waals surface area contributed by atoms with E-state index in [1.165, 1.54) is 0 Å². The van der Waals surface area contributed by atoms with Crippen molar-refractivity contribution in [2.75, 3.05) is 19.7 Å². The molecule has 3 aromatic rings. The molecule has 0 aliphatic carbocycles. The number of carbonyl (C=O) groups excluding carboxylic acids is 2. The van der Waals surface area contributed by atoms with E-state index in [0.717, 1.165) is 23.3 Å². The molecule has 0 saturated heterocycles. The van der Waals surface area contributed by atoms with Crippen LogP contribution in [0.3, 0.4) is 0 Å². The number of benzene rings is 2. The van der Waals surface area contributed by atoms with Crippen LogP contribution < -0.4 is 10.1 Å². The van der Waals surface area contributed by atoms with Crippen molar-refractivity contribution < 1.29 is 14.3 Å². The number of ether oxygens (including phenoxy) is 1. The number of likely N-dealkylation sites (N-methyl/N-ethyl adjacent to an activating group) is 1. The Hall–Kier alpha value is -3.67. The molecule has 1 heterocycles. The van der Waals surface area contributed by atoms with Crippen molar-refractivity contribution in [2.24, 2.45) is 0 Å². The van der Waals surface area contributed by atoms with E-state index in [9.17, 15) is 9.59 Å². The summed E-state index contributed by atoms with van der Waals surface area (Å²) in [5, 5.41) is 2.89. The van der Waals surface area contributed by atoms with Crippen molar-refractivity contribution in [1.82, 2.24) is 15.2 Å². The quantitative estimate of drug-likeness (QED) is 0.500. The van der Waals surface area contributed by atoms with Gasteiger partial charge in [0.05, 0.1) is 13.0 Å². The summed E-state index contributed by atoms with van der Waals surface area (Å²) in [6.45, 7) is 4.03. The van der Waals surface area contributed by atoms with Gasteiger partial charge in [0.25, 0.3) is 5.91 Å². The number of pyridine rings is 1. The van der Waals surface area contributed by atoms with Gasteiger partial charge in [0.15, 0.2) is 0 Å². The molecule has 0 unspecified atom stereocenters. The molecule has 6 heteroatoms. The van der Waals surface area contributed by atoms with Gasteiger partial charge in [-0.25, -0.2) is 0 Å². The van der Waals surface area contributed by atoms with Gasteiger partial charge < -0.3 is 15.0 Å². The number of nitrogens with one attached hydrogen (secondary N) is 1. The van der Waals surface area contributed by atoms with Gasteiger partial charge in [-0.2, -0.15) is 0 Å². The third-order valence-corrected chi connectivity index (χ3v) is 5.12. The number of rotatable bonds is 11. The number of nitrogens with zero attached hydrogens (tertiary/aromatic N) is 2. The Bertz CT molecular complexity index is 976. The molecular weight excluding hydrogens is 402 g/mol. The van der Waals surface area contributed by atoms with Crippen LogP contribution in [0.1, 0.15) is 34.8 Å². The van der Waals surface area contributed by atoms with Crippen molar-refractivity contribution in [3.8, 4) is 5.75 Å². The van der Waals surface area contributed by atoms with E-state index in [-0.39, 0.29) is 18.2 Å². The first-order valence-electron chi connectivity index (χ1n) is 10.9. The van der Waals surface area contributed by atoms with Crippen molar-refractivity contribution >= 4 is 11.8 Å². The van der Waals surface area contributed by atoms with Crippen LogP contribution in [0.2, 0.25) is 0 Å². The van der Waals surface area contributed by atoms with Crippen molar-refractivity contribution in [2.45, 2.75) is 26.3 Å². The highest BCUT2D eigenvalue weighted by molar-refractivity contribution is 5.94. The topological polar surface area (TPSA) is 71.5 Å². The van der Waals surface area contributed by atoms with E-state index in [0.29, 0.717) is 31.8 Å². The standard InChI is InChI=1S/C26H29N3O3/c1-2-29(18-14-21-12-16-27-17-13-21)26(31)23-10-8-22(9-11-23)20-28-25(30)15-19-32-24-6-4-3-5-7-24/h3-13,16-17H,2,14-15,18-20H2,1H3,(H,28,30). The van der Waals surface area contributed by atoms with Crippen LogP contribution in [0.25, 0.3) is 0 Å². The molecule has 3 rings (SSSR count). The van der Waals surface area contributed by atoms with Crippen molar-refractivity contribution in [3.63, 3.8) is 0 Å². The lowest BCUT2D eigenvalue weighted by Crippen LogP contribution is -2.32. The van der Waals surface area contributed by atoms with E-state index >= 15 is 0 Å². The van der Waals surface area contributed by atoms with Crippen LogP contribution in [-0.4, -0.2) is 41.4 Å². The molecule has 2 aromatic carbocycles. The van der Waals surface area contributed by atoms with Crippen LogP contribution in [-0.2, 0) is 17.8 Å². The zero-order valence-corrected chi connectivity index (χ0v) is 18.4. The molecule has 32 heavy (non-hydrogen) atoms. The first-order chi connectivity index (χ1) is 15.7. The number of hydrogen-bond acceptors (Lipinski definition) is 4. The Morgan fingerprint density at radius 2 is 1.66 bits per heavy atom. The van der Waals surface area contributed by atoms with E-state index in [1.807, 2.05) is 78.6 Å². The van der Waals surface area contributed by atoms with Crippen LogP contribution in [0, 0.1) is 0 Å². The highest BCUT2D eigenvalue weighted by Crippen LogP contribution is 2.10. The van der Waals surface area contributed by atoms with Crippen LogP contribution in [0.5, 0.6) is 5.75 Å². The second-order valence-corrected chi connectivity index (χ2v) is 7.38. The van der Waals surface area contributed by atoms with E-state index in [2.05, 4.69) is 10.3 Å². The molecule has 0 aliphatic rings. The molecule has 0 atom stereocenters. The lowest BCUT2D eigenvalue weighted by atomic mass is 10.1. The lowest BCUT2D eigenvalue weighted by Gasteiger charge is -2.21. The molecule has 1 N–H and O–H groups in total. The maximum Gasteiger partial charge on any atom is 0.253 e. The summed E-state index contributed by atoms with van der Waals surface area (Å²) in [6.07, 6.45) is 4.61. The summed E-state index contributed by atoms with van der Waals surface area (Å²) in [6, 6.07) is 20.8. The van der Waals surface area contributed by atoms with Crippen molar-refractivity contribution in [1.29, 1.82) is 0 Å². The maximum absolute atomic E-state index is 12.8. The minimum atomic E-state index is -0.0747. The summed E-state index contributed by atoms with van der Waals surface area (Å²) >= 11 is 0. The molecule has 6 nitrogen and oxygen atoms in total. The number of hydrogen-bond donors (Lipinski definition) is 1. The van der Waals surface area contributed by atoms with Gasteiger partial charge in [-0.05, 0) is 60.9 Å². The van der Waals surface area contributed by atoms with Crippen molar-refractivity contribution in [3.05, 3.63) is 95.8 Å². The molecule has 0 saturated carbocycles. The SMILES string of the molecule is CCN(CCc1ccncc1)C(=O)c1ccc(CNC(=O)CCOc2ccccc2)cc1. The highest BCUT2D eigenvalue weighted by atomic mass is 16.5. The third-order valence-electron chi connectivity index (χ3n) is 5.12. The lowest BCUT2D eigenvalue weighted by molar-refractivity contribution is -0.121. The fourth-order valence-corrected chi connectivity index (χ4v) is 3.23. The fourth-order valence-electron chi connectivity index (χ4n) is 3.23. The van der Waals surface area contributed by atoms with E-state index in [4.69, 9.17) is 4.74 Å². The molecule has 1 aromatic heterocycles. The fraction of sp³-hybridized carbons (Fsp3) is 0.269. The highest BCUT2D eigenvalue weighted by Gasteiger charge is 2.14. The Labute approximate surface area is 189 Å². The summed E-state index contributed by atoms with van der Waals surface area (Å²) in [5.41, 5.74) is 2.75. The first-order valence-corrected chi connectivity index (χ1v) is 10.9. The number of carbonyl (C=O) groups is 2. The van der Waals surface area contributed by atoms with E-state index in [1.54, 1.807) is 12.4 Å². The Morgan fingerprint density at radius 3 is 2.34 bits per heavy atom. The van der Waals surface area contributed by atoms with Crippen LogP contribution in [0.4, 0.5) is 0 Å². The Morgan fingerprint density at radius 1 is 0.938 bits per heavy atom. The molecule has 0 spiro atoms. The molecule has 0 bridgehead atoms. The number of para-hydroxylation sites is 1. The Kier molecular flexibility index (Phi) is 8.80. The van der Waals surface area contributed by atoms with Crippen LogP contribution >= 0.6 is 0 Å². The minimum absolute atomic E-state index is 0.00945. The zero-order valence-electron chi connectivity index (χ0n) is 18.4. The summed E-state index contributed by atoms with van der Waals surface area (Å²) in [4.78, 5) is 30.7. The molecule has 2 amide bonds. The largest absolute Gasteiger partial charge is 0.493 e. The minimum Gasteiger partial charge on any atom is -0.493 e. The van der Waals surface area contributed by atoms with Crippen LogP contribution in [0.15, 0.2) is 79.1 Å². The van der Waals surface area contributed by atoms with Gasteiger partial charge in [0.1, 0.15) is 5.75 Å². The predicted octanol–water partition coefficient (Wildman–Crippen LogP) is 3.87. The Balaban J connectivity index is 1.43. The average molecular weight is 432 g/mol. The van der Waals surface area contributed by atoms with Gasteiger partial charge in [-0.3, -0.25) is 14.6 Å². The summed E-state index contributed by atoms with van der Waals surface area (Å²) in [7, 11) is 0. The zero-order chi connectivity index (χ0) is 22.6. The number of amides is 2. The molecule has 166 valence electrons. The molecular formula is C26H29N3O3. The monoisotopic (exact) mass is 431 g/mol. The predicted molar refractivity (Wildman–Crippen MR) is 124 cm³/mol. The van der Waals surface area contributed by atoms with Gasteiger partial charge in [-0.15, -0.1) is 0 Å². The molecule has 0 fully saturated rings. The first kappa shape index (κ1) is 23.0. The normalized spacial score (nSPS) is 10.4. The molecule has 0 radical (unpaired) electrons. The smallest absolute Gasteiger partial charge is 0.253 e. The summed E-state index contributed by atoms with van der Waals surface area (Å²) in [5.74, 6) is 0.687. The van der Waals surface area contributed by atoms with E-state index < -0.39 is 0 Å². The van der Waals surface area contributed by atoms with Gasteiger partial charge in [-0.1, -0.05) is 30.3 Å². The molecule has 0 aliphatic heterocycles. The average Bonchev–Trinajstić information content (AvgIpc) is 2.84. The van der Waals surface area contributed by atoms with Gasteiger partial charge >= 0.3 is 0 Å². The van der Waals surface area contributed by atoms with Gasteiger partial charge in [0, 0.05) is 37.6 Å². The summed E-state index contributed by atoms with van der Waals surface area (Å²) < 4.78 is 5.55. The second-order valence-electron chi connectivity index (χ2n) is 7.38.